The summed E-state index contributed by atoms with van der Waals surface area (Å²) in [4.78, 5) is 0. The highest BCUT2D eigenvalue weighted by atomic mass is 16.5. The molecular weight excluding hydrogens is 238 g/mol. The molecule has 0 spiro atoms. The minimum absolute atomic E-state index is 0.0146. The van der Waals surface area contributed by atoms with Crippen molar-refractivity contribution < 1.29 is 4.74 Å². The Labute approximate surface area is 114 Å². The van der Waals surface area contributed by atoms with E-state index >= 15 is 0 Å². The average molecular weight is 259 g/mol. The van der Waals surface area contributed by atoms with Gasteiger partial charge in [-0.25, -0.2) is 0 Å². The number of aromatic nitrogens is 2. The van der Waals surface area contributed by atoms with Gasteiger partial charge in [-0.3, -0.25) is 4.68 Å². The van der Waals surface area contributed by atoms with Crippen LogP contribution in [-0.2, 0) is 6.54 Å². The summed E-state index contributed by atoms with van der Waals surface area (Å²) in [6.07, 6.45) is 1.81. The summed E-state index contributed by atoms with van der Waals surface area (Å²) in [6, 6.07) is 10.0. The van der Waals surface area contributed by atoms with Crippen LogP contribution in [0.1, 0.15) is 31.1 Å². The lowest BCUT2D eigenvalue weighted by Gasteiger charge is -2.17. The third-order valence-corrected chi connectivity index (χ3v) is 3.30. The van der Waals surface area contributed by atoms with E-state index in [2.05, 4.69) is 18.9 Å². The van der Waals surface area contributed by atoms with Crippen LogP contribution < -0.4 is 10.5 Å². The molecule has 19 heavy (non-hydrogen) atoms. The van der Waals surface area contributed by atoms with Gasteiger partial charge in [-0.15, -0.1) is 0 Å². The quantitative estimate of drug-likeness (QED) is 0.898. The molecular formula is C15H21N3O. The zero-order chi connectivity index (χ0) is 13.8. The van der Waals surface area contributed by atoms with E-state index in [9.17, 15) is 0 Å². The first-order valence-electron chi connectivity index (χ1n) is 6.52. The molecule has 1 aromatic carbocycles. The van der Waals surface area contributed by atoms with E-state index in [-0.39, 0.29) is 6.04 Å². The largest absolute Gasteiger partial charge is 0.497 e. The van der Waals surface area contributed by atoms with Gasteiger partial charge in [0, 0.05) is 12.2 Å². The first kappa shape index (κ1) is 13.6. The van der Waals surface area contributed by atoms with Crippen molar-refractivity contribution >= 4 is 0 Å². The molecule has 0 aliphatic heterocycles. The van der Waals surface area contributed by atoms with Gasteiger partial charge in [-0.2, -0.15) is 5.10 Å². The van der Waals surface area contributed by atoms with E-state index < -0.39 is 0 Å². The minimum atomic E-state index is 0.0146. The van der Waals surface area contributed by atoms with E-state index in [0.29, 0.717) is 5.92 Å². The lowest BCUT2D eigenvalue weighted by molar-refractivity contribution is 0.414. The Morgan fingerprint density at radius 2 is 1.89 bits per heavy atom. The van der Waals surface area contributed by atoms with Gasteiger partial charge in [0.25, 0.3) is 0 Å². The third-order valence-electron chi connectivity index (χ3n) is 3.30. The van der Waals surface area contributed by atoms with Gasteiger partial charge in [0.1, 0.15) is 5.75 Å². The maximum atomic E-state index is 6.20. The van der Waals surface area contributed by atoms with Gasteiger partial charge < -0.3 is 10.5 Å². The van der Waals surface area contributed by atoms with E-state index in [1.54, 1.807) is 13.3 Å². The van der Waals surface area contributed by atoms with Crippen molar-refractivity contribution in [2.45, 2.75) is 26.4 Å². The van der Waals surface area contributed by atoms with Gasteiger partial charge in [-0.05, 0) is 29.7 Å². The Kier molecular flexibility index (Phi) is 4.22. The minimum Gasteiger partial charge on any atom is -0.497 e. The highest BCUT2D eigenvalue weighted by Gasteiger charge is 2.15. The van der Waals surface area contributed by atoms with Crippen molar-refractivity contribution in [2.24, 2.45) is 11.7 Å². The van der Waals surface area contributed by atoms with Gasteiger partial charge in [0.05, 0.1) is 19.3 Å². The lowest BCUT2D eigenvalue weighted by Crippen LogP contribution is -2.21. The topological polar surface area (TPSA) is 53.1 Å². The van der Waals surface area contributed by atoms with Crippen molar-refractivity contribution in [3.63, 3.8) is 0 Å². The van der Waals surface area contributed by atoms with E-state index in [1.165, 1.54) is 5.56 Å². The van der Waals surface area contributed by atoms with Crippen molar-refractivity contribution in [1.29, 1.82) is 0 Å². The standard InChI is InChI=1S/C15H21N3O/c1-11(2)15(16)14-8-9-17-18(14)10-12-4-6-13(19-3)7-5-12/h4-9,11,15H,10,16H2,1-3H3. The summed E-state index contributed by atoms with van der Waals surface area (Å²) in [5.74, 6) is 1.26. The molecule has 102 valence electrons. The predicted octanol–water partition coefficient (Wildman–Crippen LogP) is 2.60. The first-order chi connectivity index (χ1) is 9.11. The molecule has 0 fully saturated rings. The molecule has 0 bridgehead atoms. The maximum absolute atomic E-state index is 6.20. The van der Waals surface area contributed by atoms with Crippen LogP contribution in [0.5, 0.6) is 5.75 Å². The molecule has 1 atom stereocenters. The van der Waals surface area contributed by atoms with Gasteiger partial charge >= 0.3 is 0 Å². The Bertz CT molecular complexity index is 516. The zero-order valence-corrected chi connectivity index (χ0v) is 11.7. The Balaban J connectivity index is 2.16. The Morgan fingerprint density at radius 3 is 2.47 bits per heavy atom. The SMILES string of the molecule is COc1ccc(Cn2nccc2C(N)C(C)C)cc1. The summed E-state index contributed by atoms with van der Waals surface area (Å²) in [5, 5.41) is 4.36. The summed E-state index contributed by atoms with van der Waals surface area (Å²) in [7, 11) is 1.67. The fourth-order valence-corrected chi connectivity index (χ4v) is 2.00. The van der Waals surface area contributed by atoms with Crippen LogP contribution in [0.25, 0.3) is 0 Å². The predicted molar refractivity (Wildman–Crippen MR) is 76.1 cm³/mol. The van der Waals surface area contributed by atoms with Crippen molar-refractivity contribution in [2.75, 3.05) is 7.11 Å². The summed E-state index contributed by atoms with van der Waals surface area (Å²) in [6.45, 7) is 4.97. The fraction of sp³-hybridized carbons (Fsp3) is 0.400. The number of hydrogen-bond acceptors (Lipinski definition) is 3. The third kappa shape index (κ3) is 3.15. The summed E-state index contributed by atoms with van der Waals surface area (Å²) >= 11 is 0. The van der Waals surface area contributed by atoms with Gasteiger partial charge in [0.2, 0.25) is 0 Å². The number of methoxy groups -OCH3 is 1. The van der Waals surface area contributed by atoms with Crippen molar-refractivity contribution in [1.82, 2.24) is 9.78 Å². The normalized spacial score (nSPS) is 12.7. The number of hydrogen-bond donors (Lipinski definition) is 1. The second kappa shape index (κ2) is 5.89. The van der Waals surface area contributed by atoms with Crippen molar-refractivity contribution in [3.8, 4) is 5.75 Å². The number of benzene rings is 1. The van der Waals surface area contributed by atoms with Crippen LogP contribution in [0.15, 0.2) is 36.5 Å². The number of nitrogens with two attached hydrogens (primary N) is 1. The zero-order valence-electron chi connectivity index (χ0n) is 11.7. The van der Waals surface area contributed by atoms with E-state index in [0.717, 1.165) is 18.0 Å². The average Bonchev–Trinajstić information content (AvgIpc) is 2.86. The van der Waals surface area contributed by atoms with E-state index in [1.807, 2.05) is 35.0 Å². The smallest absolute Gasteiger partial charge is 0.118 e. The Morgan fingerprint density at radius 1 is 1.21 bits per heavy atom. The van der Waals surface area contributed by atoms with Crippen LogP contribution in [0.4, 0.5) is 0 Å². The monoisotopic (exact) mass is 259 g/mol. The van der Waals surface area contributed by atoms with Gasteiger partial charge in [-0.1, -0.05) is 26.0 Å². The number of nitrogens with zero attached hydrogens (tertiary/aromatic N) is 2. The number of rotatable bonds is 5. The first-order valence-corrected chi connectivity index (χ1v) is 6.52. The molecule has 0 saturated heterocycles. The molecule has 2 aromatic rings. The second-order valence-electron chi connectivity index (χ2n) is 5.03. The molecule has 2 rings (SSSR count). The van der Waals surface area contributed by atoms with Crippen LogP contribution in [0.3, 0.4) is 0 Å². The molecule has 1 heterocycles. The molecule has 0 aliphatic rings. The molecule has 0 aliphatic carbocycles. The maximum Gasteiger partial charge on any atom is 0.118 e. The second-order valence-corrected chi connectivity index (χ2v) is 5.03. The molecule has 4 heteroatoms. The molecule has 0 radical (unpaired) electrons. The van der Waals surface area contributed by atoms with Crippen molar-refractivity contribution in [3.05, 3.63) is 47.8 Å². The molecule has 1 aromatic heterocycles. The Hall–Kier alpha value is -1.81. The van der Waals surface area contributed by atoms with Gasteiger partial charge in [0.15, 0.2) is 0 Å². The highest BCUT2D eigenvalue weighted by molar-refractivity contribution is 5.27. The van der Waals surface area contributed by atoms with Crippen LogP contribution in [-0.4, -0.2) is 16.9 Å². The summed E-state index contributed by atoms with van der Waals surface area (Å²) in [5.41, 5.74) is 8.46. The highest BCUT2D eigenvalue weighted by Crippen LogP contribution is 2.19. The fourth-order valence-electron chi connectivity index (χ4n) is 2.00. The van der Waals surface area contributed by atoms with Crippen LogP contribution >= 0.6 is 0 Å². The molecule has 1 unspecified atom stereocenters. The molecule has 0 saturated carbocycles. The molecule has 2 N–H and O–H groups in total. The molecule has 0 amide bonds. The number of ether oxygens (including phenoxy) is 1. The van der Waals surface area contributed by atoms with Crippen LogP contribution in [0, 0.1) is 5.92 Å². The molecule has 4 nitrogen and oxygen atoms in total. The lowest BCUT2D eigenvalue weighted by atomic mass is 10.0. The summed E-state index contributed by atoms with van der Waals surface area (Å²) < 4.78 is 7.12. The van der Waals surface area contributed by atoms with Crippen LogP contribution in [0.2, 0.25) is 0 Å². The van der Waals surface area contributed by atoms with E-state index in [4.69, 9.17) is 10.5 Å².